The Morgan fingerprint density at radius 2 is 0.673 bits per heavy atom. The minimum Gasteiger partial charge on any atom is -0.0619 e. The van der Waals surface area contributed by atoms with Crippen molar-refractivity contribution in [3.8, 4) is 33.4 Å². The summed E-state index contributed by atoms with van der Waals surface area (Å²) < 4.78 is 0. The van der Waals surface area contributed by atoms with E-state index in [0.717, 1.165) is 0 Å². The zero-order valence-electron chi connectivity index (χ0n) is 30.0. The van der Waals surface area contributed by atoms with Crippen molar-refractivity contribution >= 4 is 64.6 Å². The van der Waals surface area contributed by atoms with Gasteiger partial charge >= 0.3 is 0 Å². The van der Waals surface area contributed by atoms with Gasteiger partial charge in [-0.05, 0) is 145 Å². The summed E-state index contributed by atoms with van der Waals surface area (Å²) in [6.45, 7) is 0. The molecule has 0 unspecified atom stereocenters. The second kappa shape index (κ2) is 10.6. The zero-order chi connectivity index (χ0) is 35.8. The van der Waals surface area contributed by atoms with E-state index in [1.807, 2.05) is 0 Å². The molecule has 0 radical (unpaired) electrons. The average molecular weight is 693 g/mol. The van der Waals surface area contributed by atoms with Crippen LogP contribution in [0, 0.1) is 0 Å². The lowest BCUT2D eigenvalue weighted by molar-refractivity contribution is 0.796. The van der Waals surface area contributed by atoms with E-state index < -0.39 is 5.41 Å². The first-order valence-corrected chi connectivity index (χ1v) is 19.4. The van der Waals surface area contributed by atoms with Gasteiger partial charge < -0.3 is 0 Å². The highest BCUT2D eigenvalue weighted by atomic mass is 14.5. The fourth-order valence-electron chi connectivity index (χ4n) is 10.9. The quantitative estimate of drug-likeness (QED) is 0.150. The molecular weight excluding hydrogens is 661 g/mol. The second-order valence-corrected chi connectivity index (χ2v) is 15.5. The normalized spacial score (nSPS) is 13.6. The Hall–Kier alpha value is -7.02. The third-order valence-corrected chi connectivity index (χ3v) is 13.0. The van der Waals surface area contributed by atoms with Gasteiger partial charge in [-0.25, -0.2) is 0 Å². The molecule has 11 aromatic rings. The minimum absolute atomic E-state index is 0.462. The Kier molecular flexibility index (Phi) is 5.65. The topological polar surface area (TPSA) is 0 Å². The molecule has 0 fully saturated rings. The van der Waals surface area contributed by atoms with Gasteiger partial charge in [-0.15, -0.1) is 0 Å². The Balaban J connectivity index is 1.24. The molecule has 0 atom stereocenters. The summed E-state index contributed by atoms with van der Waals surface area (Å²) in [5.74, 6) is 0. The van der Waals surface area contributed by atoms with Crippen LogP contribution in [0.2, 0.25) is 0 Å². The highest BCUT2D eigenvalue weighted by Gasteiger charge is 2.52. The van der Waals surface area contributed by atoms with Gasteiger partial charge in [0.15, 0.2) is 0 Å². The molecule has 252 valence electrons. The van der Waals surface area contributed by atoms with Gasteiger partial charge in [0, 0.05) is 0 Å². The molecule has 13 rings (SSSR count). The van der Waals surface area contributed by atoms with E-state index in [9.17, 15) is 0 Å². The van der Waals surface area contributed by atoms with Crippen LogP contribution in [0.15, 0.2) is 194 Å². The first kappa shape index (κ1) is 29.4. The van der Waals surface area contributed by atoms with Crippen LogP contribution < -0.4 is 0 Å². The smallest absolute Gasteiger partial charge is 0.0619 e. The maximum atomic E-state index is 2.60. The van der Waals surface area contributed by atoms with E-state index in [4.69, 9.17) is 0 Å². The summed E-state index contributed by atoms with van der Waals surface area (Å²) in [5, 5.41) is 15.5. The van der Waals surface area contributed by atoms with Crippen LogP contribution in [-0.2, 0) is 5.41 Å². The predicted octanol–water partition coefficient (Wildman–Crippen LogP) is 14.6. The zero-order valence-corrected chi connectivity index (χ0v) is 30.0. The van der Waals surface area contributed by atoms with Gasteiger partial charge in [0.05, 0.1) is 5.41 Å². The third kappa shape index (κ3) is 3.62. The average Bonchev–Trinajstić information content (AvgIpc) is 3.71. The van der Waals surface area contributed by atoms with Crippen molar-refractivity contribution in [2.24, 2.45) is 0 Å². The Morgan fingerprint density at radius 1 is 0.236 bits per heavy atom. The summed E-state index contributed by atoms with van der Waals surface area (Å²) in [7, 11) is 0. The van der Waals surface area contributed by atoms with Crippen molar-refractivity contribution in [2.75, 3.05) is 0 Å². The van der Waals surface area contributed by atoms with Crippen LogP contribution in [0.4, 0.5) is 0 Å². The third-order valence-electron chi connectivity index (χ3n) is 13.0. The van der Waals surface area contributed by atoms with Crippen LogP contribution in [0.1, 0.15) is 22.3 Å². The SMILES string of the molecule is c1ccc2c(c1)-c1ccccc1C21c2cc3ccccc3cc2-c2c1cc(-c1cc3c4ccccc4c4ccccc4c3c3ccccc13)c1ccccc21. The molecule has 2 aliphatic carbocycles. The summed E-state index contributed by atoms with van der Waals surface area (Å²) >= 11 is 0. The lowest BCUT2D eigenvalue weighted by atomic mass is 9.69. The molecular formula is C55H32. The minimum atomic E-state index is -0.462. The number of rotatable bonds is 1. The van der Waals surface area contributed by atoms with Crippen molar-refractivity contribution in [3.05, 3.63) is 216 Å². The lowest BCUT2D eigenvalue weighted by Gasteiger charge is -2.31. The summed E-state index contributed by atoms with van der Waals surface area (Å²) in [5.41, 5.74) is 12.9. The first-order valence-electron chi connectivity index (χ1n) is 19.4. The summed E-state index contributed by atoms with van der Waals surface area (Å²) in [4.78, 5) is 0. The molecule has 0 N–H and O–H groups in total. The Morgan fingerprint density at radius 3 is 1.33 bits per heavy atom. The maximum Gasteiger partial charge on any atom is 0.0726 e. The van der Waals surface area contributed by atoms with Gasteiger partial charge in [0.25, 0.3) is 0 Å². The lowest BCUT2D eigenvalue weighted by Crippen LogP contribution is -2.26. The van der Waals surface area contributed by atoms with Crippen LogP contribution in [-0.4, -0.2) is 0 Å². The molecule has 1 spiro atoms. The van der Waals surface area contributed by atoms with Gasteiger partial charge in [0.2, 0.25) is 0 Å². The molecule has 0 heteroatoms. The van der Waals surface area contributed by atoms with E-state index in [0.29, 0.717) is 0 Å². The van der Waals surface area contributed by atoms with E-state index in [1.165, 1.54) is 120 Å². The van der Waals surface area contributed by atoms with E-state index >= 15 is 0 Å². The van der Waals surface area contributed by atoms with Crippen molar-refractivity contribution < 1.29 is 0 Å². The van der Waals surface area contributed by atoms with Gasteiger partial charge in [-0.1, -0.05) is 170 Å². The van der Waals surface area contributed by atoms with Crippen LogP contribution in [0.3, 0.4) is 0 Å². The molecule has 55 heavy (non-hydrogen) atoms. The van der Waals surface area contributed by atoms with Crippen molar-refractivity contribution in [2.45, 2.75) is 5.41 Å². The Bertz CT molecular complexity index is 3440. The molecule has 11 aromatic carbocycles. The fourth-order valence-corrected chi connectivity index (χ4v) is 10.9. The van der Waals surface area contributed by atoms with Gasteiger partial charge in [-0.3, -0.25) is 0 Å². The summed E-state index contributed by atoms with van der Waals surface area (Å²) in [6.07, 6.45) is 0. The molecule has 0 aromatic heterocycles. The van der Waals surface area contributed by atoms with E-state index in [-0.39, 0.29) is 0 Å². The molecule has 0 saturated carbocycles. The molecule has 0 aliphatic heterocycles. The Labute approximate surface area is 318 Å². The van der Waals surface area contributed by atoms with Crippen molar-refractivity contribution in [3.63, 3.8) is 0 Å². The molecule has 0 amide bonds. The van der Waals surface area contributed by atoms with Gasteiger partial charge in [0.1, 0.15) is 0 Å². The van der Waals surface area contributed by atoms with Crippen LogP contribution in [0.25, 0.3) is 98.0 Å². The van der Waals surface area contributed by atoms with E-state index in [1.54, 1.807) is 0 Å². The second-order valence-electron chi connectivity index (χ2n) is 15.5. The van der Waals surface area contributed by atoms with Crippen LogP contribution in [0.5, 0.6) is 0 Å². The maximum absolute atomic E-state index is 2.60. The molecule has 2 aliphatic rings. The monoisotopic (exact) mass is 692 g/mol. The van der Waals surface area contributed by atoms with Crippen LogP contribution >= 0.6 is 0 Å². The number of fused-ring (bicyclic) bond motifs is 21. The standard InChI is InChI=1S/C55H32/c1-2-16-34-30-51-48(29-33(34)15-1)54-44-26-10-7-21-39(44)46(32-52(54)55(51)49-27-13-11-22-40(49)41-23-12-14-28-50(41)55)45-31-47-37-19-4-3-17-35(37)36-18-5-8-24-42(36)53(47)43-25-9-6-20-38(43)45/h1-32H. The van der Waals surface area contributed by atoms with Crippen molar-refractivity contribution in [1.29, 1.82) is 0 Å². The molecule has 0 bridgehead atoms. The van der Waals surface area contributed by atoms with Crippen molar-refractivity contribution in [1.82, 2.24) is 0 Å². The summed E-state index contributed by atoms with van der Waals surface area (Å²) in [6, 6.07) is 73.4. The number of hydrogen-bond acceptors (Lipinski definition) is 0. The van der Waals surface area contributed by atoms with Gasteiger partial charge in [-0.2, -0.15) is 0 Å². The highest BCUT2D eigenvalue weighted by molar-refractivity contribution is 6.33. The number of benzene rings is 11. The van der Waals surface area contributed by atoms with E-state index in [2.05, 4.69) is 194 Å². The molecule has 0 saturated heterocycles. The molecule has 0 heterocycles. The molecule has 0 nitrogen and oxygen atoms in total. The number of hydrogen-bond donors (Lipinski definition) is 0. The highest BCUT2D eigenvalue weighted by Crippen LogP contribution is 2.65. The first-order chi connectivity index (χ1) is 27.3. The predicted molar refractivity (Wildman–Crippen MR) is 233 cm³/mol. The largest absolute Gasteiger partial charge is 0.0726 e. The fraction of sp³-hybridized carbons (Fsp3) is 0.0182.